The molecule has 0 aliphatic heterocycles. The Hall–Kier alpha value is -1.32. The van der Waals surface area contributed by atoms with Gasteiger partial charge in [-0.2, -0.15) is 0 Å². The number of aliphatic imine (C=N–C) groups is 1. The van der Waals surface area contributed by atoms with Gasteiger partial charge in [0, 0.05) is 6.42 Å². The van der Waals surface area contributed by atoms with Gasteiger partial charge in [0.25, 0.3) is 0 Å². The fraction of sp³-hybridized carbons (Fsp3) is 0.500. The zero-order valence-corrected chi connectivity index (χ0v) is 8.76. The van der Waals surface area contributed by atoms with Crippen molar-refractivity contribution in [2.24, 2.45) is 16.5 Å². The molecule has 0 rings (SSSR count). The third-order valence-electron chi connectivity index (χ3n) is 1.26. The van der Waals surface area contributed by atoms with Crippen LogP contribution in [-0.2, 0) is 4.79 Å². The van der Waals surface area contributed by atoms with Gasteiger partial charge in [0.05, 0.1) is 0 Å². The van der Waals surface area contributed by atoms with E-state index in [2.05, 4.69) is 16.8 Å². The van der Waals surface area contributed by atoms with Crippen LogP contribution in [0.15, 0.2) is 4.99 Å². The molecule has 15 heavy (non-hydrogen) atoms. The Morgan fingerprint density at radius 2 is 2.13 bits per heavy atom. The number of carboxylic acids is 1. The molecule has 0 fully saturated rings. The van der Waals surface area contributed by atoms with Crippen molar-refractivity contribution < 1.29 is 14.3 Å². The molecular weight excluding hydrogens is 225 g/mol. The molecule has 0 aromatic carbocycles. The molecule has 0 heterocycles. The molecule has 0 aliphatic rings. The second-order valence-corrected chi connectivity index (χ2v) is 2.44. The van der Waals surface area contributed by atoms with Gasteiger partial charge in [-0.3, -0.25) is 9.79 Å². The molecule has 1 unspecified atom stereocenters. The molecule has 0 aromatic heterocycles. The summed E-state index contributed by atoms with van der Waals surface area (Å²) < 4.78 is 11.7. The van der Waals surface area contributed by atoms with Crippen LogP contribution in [-0.4, -0.2) is 36.2 Å². The summed E-state index contributed by atoms with van der Waals surface area (Å²) in [5.41, 5.74) is 10.2. The Morgan fingerprint density at radius 3 is 2.60 bits per heavy atom. The van der Waals surface area contributed by atoms with Gasteiger partial charge in [-0.1, -0.05) is 11.8 Å². The van der Waals surface area contributed by atoms with Gasteiger partial charge in [0.15, 0.2) is 0 Å². The lowest BCUT2D eigenvalue weighted by Crippen LogP contribution is -2.29. The quantitative estimate of drug-likeness (QED) is 0.350. The second kappa shape index (κ2) is 9.24. The largest absolute Gasteiger partial charge is 0.480 e. The first-order valence-corrected chi connectivity index (χ1v) is 3.86. The van der Waals surface area contributed by atoms with Gasteiger partial charge in [0.2, 0.25) is 0 Å². The minimum absolute atomic E-state index is 0. The number of hydrogen-bond donors (Lipinski definition) is 3. The first kappa shape index (κ1) is 16.1. The maximum atomic E-state index is 11.7. The highest BCUT2D eigenvalue weighted by atomic mass is 35.5. The Bertz CT molecular complexity index is 285. The second-order valence-electron chi connectivity index (χ2n) is 2.44. The highest BCUT2D eigenvalue weighted by Crippen LogP contribution is 1.84. The van der Waals surface area contributed by atoms with E-state index in [1.54, 1.807) is 0 Å². The van der Waals surface area contributed by atoms with Crippen molar-refractivity contribution in [3.63, 3.8) is 0 Å². The summed E-state index contributed by atoms with van der Waals surface area (Å²) in [7, 11) is 0. The van der Waals surface area contributed by atoms with E-state index in [9.17, 15) is 9.18 Å². The van der Waals surface area contributed by atoms with Crippen molar-refractivity contribution in [3.8, 4) is 11.8 Å². The standard InChI is InChI=1S/C8H12FN3O2.ClH/c9-5-7(11)12-4-2-1-3-6(10)8(13)14;/h6H,3-5,10H2,(H2,11,12)(H,13,14);1H. The van der Waals surface area contributed by atoms with Crippen molar-refractivity contribution in [2.45, 2.75) is 12.5 Å². The minimum atomic E-state index is -1.11. The molecule has 0 amide bonds. The average Bonchev–Trinajstić information content (AvgIpc) is 2.16. The van der Waals surface area contributed by atoms with Crippen molar-refractivity contribution in [1.82, 2.24) is 0 Å². The van der Waals surface area contributed by atoms with Gasteiger partial charge in [-0.15, -0.1) is 12.4 Å². The predicted octanol–water partition coefficient (Wildman–Crippen LogP) is -0.460. The molecule has 5 nitrogen and oxygen atoms in total. The summed E-state index contributed by atoms with van der Waals surface area (Å²) in [5.74, 6) is 3.79. The van der Waals surface area contributed by atoms with E-state index in [4.69, 9.17) is 16.6 Å². The summed E-state index contributed by atoms with van der Waals surface area (Å²) in [4.78, 5) is 13.8. The number of carboxylic acid groups (broad SMARTS) is 1. The van der Waals surface area contributed by atoms with Gasteiger partial charge in [-0.05, 0) is 0 Å². The van der Waals surface area contributed by atoms with Crippen LogP contribution in [0.3, 0.4) is 0 Å². The average molecular weight is 238 g/mol. The van der Waals surface area contributed by atoms with Gasteiger partial charge in [0.1, 0.15) is 25.1 Å². The number of alkyl halides is 1. The first-order valence-electron chi connectivity index (χ1n) is 3.86. The number of rotatable bonds is 4. The molecular formula is C8H13ClFN3O2. The monoisotopic (exact) mass is 237 g/mol. The molecule has 1 atom stereocenters. The molecule has 0 aliphatic carbocycles. The summed E-state index contributed by atoms with van der Waals surface area (Å²) in [6, 6.07) is -0.995. The van der Waals surface area contributed by atoms with Crippen LogP contribution >= 0.6 is 12.4 Å². The summed E-state index contributed by atoms with van der Waals surface area (Å²) in [5, 5.41) is 8.37. The summed E-state index contributed by atoms with van der Waals surface area (Å²) >= 11 is 0. The van der Waals surface area contributed by atoms with Crippen molar-refractivity contribution in [2.75, 3.05) is 13.2 Å². The molecule has 7 heteroatoms. The highest BCUT2D eigenvalue weighted by Gasteiger charge is 2.07. The SMILES string of the molecule is Cl.NC(CF)=NCC#CCC(N)C(=O)O. The summed E-state index contributed by atoms with van der Waals surface area (Å²) in [6.45, 7) is -0.752. The molecule has 86 valence electrons. The fourth-order valence-corrected chi connectivity index (χ4v) is 0.509. The van der Waals surface area contributed by atoms with E-state index < -0.39 is 18.7 Å². The van der Waals surface area contributed by atoms with Crippen LogP contribution in [0, 0.1) is 11.8 Å². The van der Waals surface area contributed by atoms with E-state index in [-0.39, 0.29) is 31.2 Å². The molecule has 0 saturated heterocycles. The maximum Gasteiger partial charge on any atom is 0.321 e. The predicted molar refractivity (Wildman–Crippen MR) is 57.7 cm³/mol. The third-order valence-corrected chi connectivity index (χ3v) is 1.26. The molecule has 0 bridgehead atoms. The molecule has 5 N–H and O–H groups in total. The number of hydrogen-bond acceptors (Lipinski definition) is 3. The van der Waals surface area contributed by atoms with Gasteiger partial charge >= 0.3 is 5.97 Å². The van der Waals surface area contributed by atoms with Crippen molar-refractivity contribution >= 4 is 24.2 Å². The molecule has 0 saturated carbocycles. The van der Waals surface area contributed by atoms with E-state index in [0.717, 1.165) is 0 Å². The van der Waals surface area contributed by atoms with Crippen LogP contribution in [0.25, 0.3) is 0 Å². The third kappa shape index (κ3) is 9.00. The summed E-state index contributed by atoms with van der Waals surface area (Å²) in [6.07, 6.45) is 0.0420. The maximum absolute atomic E-state index is 11.7. The minimum Gasteiger partial charge on any atom is -0.480 e. The number of nitrogens with zero attached hydrogens (tertiary/aromatic N) is 1. The lowest BCUT2D eigenvalue weighted by atomic mass is 10.2. The van der Waals surface area contributed by atoms with E-state index in [1.807, 2.05) is 0 Å². The zero-order valence-electron chi connectivity index (χ0n) is 7.94. The van der Waals surface area contributed by atoms with Crippen LogP contribution < -0.4 is 11.5 Å². The number of carbonyl (C=O) groups is 1. The normalized spacial score (nSPS) is 12.0. The number of aliphatic carboxylic acids is 1. The van der Waals surface area contributed by atoms with E-state index in [1.165, 1.54) is 0 Å². The van der Waals surface area contributed by atoms with Crippen LogP contribution in [0.1, 0.15) is 6.42 Å². The van der Waals surface area contributed by atoms with Gasteiger partial charge in [-0.25, -0.2) is 4.39 Å². The van der Waals surface area contributed by atoms with Crippen LogP contribution in [0.5, 0.6) is 0 Å². The van der Waals surface area contributed by atoms with Crippen molar-refractivity contribution in [3.05, 3.63) is 0 Å². The Balaban J connectivity index is 0. The fourth-order valence-electron chi connectivity index (χ4n) is 0.509. The zero-order chi connectivity index (χ0) is 11.0. The van der Waals surface area contributed by atoms with Crippen LogP contribution in [0.4, 0.5) is 4.39 Å². The van der Waals surface area contributed by atoms with Crippen LogP contribution in [0.2, 0.25) is 0 Å². The smallest absolute Gasteiger partial charge is 0.321 e. The number of halogens is 2. The Kier molecular flexibility index (Phi) is 9.94. The highest BCUT2D eigenvalue weighted by molar-refractivity contribution is 5.85. The molecule has 0 aromatic rings. The molecule has 0 radical (unpaired) electrons. The Morgan fingerprint density at radius 1 is 1.53 bits per heavy atom. The topological polar surface area (TPSA) is 102 Å². The lowest BCUT2D eigenvalue weighted by Gasteiger charge is -1.97. The molecule has 0 spiro atoms. The number of amidine groups is 1. The Labute approximate surface area is 93.1 Å². The van der Waals surface area contributed by atoms with E-state index >= 15 is 0 Å². The van der Waals surface area contributed by atoms with Crippen molar-refractivity contribution in [1.29, 1.82) is 0 Å². The first-order chi connectivity index (χ1) is 6.57. The van der Waals surface area contributed by atoms with Gasteiger partial charge < -0.3 is 16.6 Å². The number of nitrogens with two attached hydrogens (primary N) is 2. The van der Waals surface area contributed by atoms with E-state index in [0.29, 0.717) is 0 Å². The lowest BCUT2D eigenvalue weighted by molar-refractivity contribution is -0.138.